The molecular weight excluding hydrogens is 260 g/mol. The van der Waals surface area contributed by atoms with E-state index in [-0.39, 0.29) is 11.4 Å². The number of carbonyl (C=O) groups is 1. The maximum absolute atomic E-state index is 12.1. The number of pyridine rings is 1. The molecule has 0 aliphatic carbocycles. The van der Waals surface area contributed by atoms with Gasteiger partial charge in [0, 0.05) is 5.54 Å². The van der Waals surface area contributed by atoms with Gasteiger partial charge >= 0.3 is 0 Å². The fraction of sp³-hybridized carbons (Fsp3) is 0.222. The molecule has 0 atom stereocenters. The minimum absolute atomic E-state index is 0.155. The molecule has 0 spiro atoms. The number of benzene rings is 1. The number of nitrogens with one attached hydrogen (secondary N) is 1. The highest BCUT2D eigenvalue weighted by atomic mass is 16.2. The Bertz CT molecular complexity index is 640. The molecule has 21 heavy (non-hydrogen) atoms. The summed E-state index contributed by atoms with van der Waals surface area (Å²) in [6.07, 6.45) is 3.89. The molecule has 3 heteroatoms. The average molecular weight is 280 g/mol. The molecule has 0 saturated carbocycles. The van der Waals surface area contributed by atoms with Crippen LogP contribution in [0.1, 0.15) is 42.5 Å². The highest BCUT2D eigenvalue weighted by Crippen LogP contribution is 2.08. The normalized spacial score (nSPS) is 11.6. The average Bonchev–Trinajstić information content (AvgIpc) is 2.45. The van der Waals surface area contributed by atoms with E-state index in [1.54, 1.807) is 6.07 Å². The smallest absolute Gasteiger partial charge is 0.270 e. The number of carbonyl (C=O) groups excluding carboxylic acids is 1. The molecule has 1 aromatic heterocycles. The van der Waals surface area contributed by atoms with Crippen LogP contribution in [-0.4, -0.2) is 16.4 Å². The van der Waals surface area contributed by atoms with E-state index in [0.29, 0.717) is 5.69 Å². The summed E-state index contributed by atoms with van der Waals surface area (Å²) in [6, 6.07) is 15.4. The van der Waals surface area contributed by atoms with Crippen molar-refractivity contribution in [2.24, 2.45) is 0 Å². The van der Waals surface area contributed by atoms with E-state index < -0.39 is 0 Å². The van der Waals surface area contributed by atoms with Gasteiger partial charge in [0.25, 0.3) is 5.91 Å². The molecule has 1 N–H and O–H groups in total. The number of amides is 1. The monoisotopic (exact) mass is 280 g/mol. The van der Waals surface area contributed by atoms with E-state index in [9.17, 15) is 4.79 Å². The van der Waals surface area contributed by atoms with Crippen LogP contribution >= 0.6 is 0 Å². The molecule has 2 aromatic rings. The summed E-state index contributed by atoms with van der Waals surface area (Å²) < 4.78 is 0. The highest BCUT2D eigenvalue weighted by molar-refractivity contribution is 5.93. The van der Waals surface area contributed by atoms with Crippen molar-refractivity contribution in [2.45, 2.75) is 26.3 Å². The van der Waals surface area contributed by atoms with E-state index in [4.69, 9.17) is 0 Å². The lowest BCUT2D eigenvalue weighted by atomic mass is 10.1. The lowest BCUT2D eigenvalue weighted by Crippen LogP contribution is -2.40. The standard InChI is InChI=1S/C18H20N2O/c1-18(2,3)20-17(21)16-11-7-10-15(19-16)13-12-14-8-5-4-6-9-14/h4-13H,1-3H3,(H,20,21). The fourth-order valence-corrected chi connectivity index (χ4v) is 1.82. The summed E-state index contributed by atoms with van der Waals surface area (Å²) in [4.78, 5) is 16.5. The topological polar surface area (TPSA) is 42.0 Å². The number of hydrogen-bond donors (Lipinski definition) is 1. The maximum Gasteiger partial charge on any atom is 0.270 e. The van der Waals surface area contributed by atoms with E-state index in [1.807, 2.05) is 75.4 Å². The van der Waals surface area contributed by atoms with Crippen molar-refractivity contribution in [3.63, 3.8) is 0 Å². The SMILES string of the molecule is CC(C)(C)NC(=O)c1cccc(C=Cc2ccccc2)n1. The number of hydrogen-bond acceptors (Lipinski definition) is 2. The highest BCUT2D eigenvalue weighted by Gasteiger charge is 2.16. The Kier molecular flexibility index (Phi) is 4.53. The molecule has 108 valence electrons. The van der Waals surface area contributed by atoms with Crippen molar-refractivity contribution < 1.29 is 4.79 Å². The second kappa shape index (κ2) is 6.35. The van der Waals surface area contributed by atoms with Crippen LogP contribution in [0.25, 0.3) is 12.2 Å². The second-order valence-corrected chi connectivity index (χ2v) is 5.90. The van der Waals surface area contributed by atoms with Crippen molar-refractivity contribution in [1.29, 1.82) is 0 Å². The molecule has 0 saturated heterocycles. The van der Waals surface area contributed by atoms with Crippen molar-refractivity contribution >= 4 is 18.1 Å². The van der Waals surface area contributed by atoms with Crippen LogP contribution in [-0.2, 0) is 0 Å². The number of rotatable bonds is 3. The van der Waals surface area contributed by atoms with Gasteiger partial charge in [-0.1, -0.05) is 42.5 Å². The van der Waals surface area contributed by atoms with Gasteiger partial charge in [-0.15, -0.1) is 0 Å². The maximum atomic E-state index is 12.1. The van der Waals surface area contributed by atoms with E-state index in [2.05, 4.69) is 10.3 Å². The predicted molar refractivity (Wildman–Crippen MR) is 86.8 cm³/mol. The molecule has 1 amide bonds. The first-order valence-electron chi connectivity index (χ1n) is 6.97. The van der Waals surface area contributed by atoms with E-state index >= 15 is 0 Å². The van der Waals surface area contributed by atoms with Crippen molar-refractivity contribution in [3.8, 4) is 0 Å². The summed E-state index contributed by atoms with van der Waals surface area (Å²) in [7, 11) is 0. The summed E-state index contributed by atoms with van der Waals surface area (Å²) in [5.41, 5.74) is 2.03. The van der Waals surface area contributed by atoms with Crippen molar-refractivity contribution in [1.82, 2.24) is 10.3 Å². The molecule has 2 rings (SSSR count). The van der Waals surface area contributed by atoms with E-state index in [1.165, 1.54) is 0 Å². The third-order valence-electron chi connectivity index (χ3n) is 2.74. The van der Waals surface area contributed by atoms with Crippen LogP contribution in [0.3, 0.4) is 0 Å². The van der Waals surface area contributed by atoms with Gasteiger partial charge in [0.1, 0.15) is 5.69 Å². The zero-order valence-corrected chi connectivity index (χ0v) is 12.6. The first-order valence-corrected chi connectivity index (χ1v) is 6.97. The summed E-state index contributed by atoms with van der Waals surface area (Å²) in [5, 5.41) is 2.91. The lowest BCUT2D eigenvalue weighted by Gasteiger charge is -2.20. The van der Waals surface area contributed by atoms with E-state index in [0.717, 1.165) is 11.3 Å². The third-order valence-corrected chi connectivity index (χ3v) is 2.74. The molecule has 3 nitrogen and oxygen atoms in total. The number of aromatic nitrogens is 1. The Morgan fingerprint density at radius 3 is 2.38 bits per heavy atom. The molecule has 1 aromatic carbocycles. The Balaban J connectivity index is 2.15. The molecule has 0 unspecified atom stereocenters. The van der Waals surface area contributed by atoms with Gasteiger partial charge in [-0.2, -0.15) is 0 Å². The Labute approximate surface area is 125 Å². The van der Waals surface area contributed by atoms with Crippen LogP contribution in [0.2, 0.25) is 0 Å². The minimum atomic E-state index is -0.269. The lowest BCUT2D eigenvalue weighted by molar-refractivity contribution is 0.0914. The molecule has 0 fully saturated rings. The molecule has 1 heterocycles. The Morgan fingerprint density at radius 2 is 1.71 bits per heavy atom. The van der Waals surface area contributed by atoms with Gasteiger partial charge in [-0.05, 0) is 44.5 Å². The van der Waals surface area contributed by atoms with Gasteiger partial charge in [-0.3, -0.25) is 4.79 Å². The third kappa shape index (κ3) is 4.88. The second-order valence-electron chi connectivity index (χ2n) is 5.90. The minimum Gasteiger partial charge on any atom is -0.346 e. The van der Waals surface area contributed by atoms with Crippen molar-refractivity contribution in [3.05, 3.63) is 65.5 Å². The van der Waals surface area contributed by atoms with Crippen molar-refractivity contribution in [2.75, 3.05) is 0 Å². The van der Waals surface area contributed by atoms with Crippen LogP contribution < -0.4 is 5.32 Å². The fourth-order valence-electron chi connectivity index (χ4n) is 1.82. The Hall–Kier alpha value is -2.42. The molecule has 0 radical (unpaired) electrons. The van der Waals surface area contributed by atoms with Gasteiger partial charge in [0.2, 0.25) is 0 Å². The quantitative estimate of drug-likeness (QED) is 0.929. The zero-order chi connectivity index (χ0) is 15.3. The molecule has 0 aliphatic heterocycles. The van der Waals surface area contributed by atoms with Gasteiger partial charge in [0.15, 0.2) is 0 Å². The van der Waals surface area contributed by atoms with Gasteiger partial charge in [0.05, 0.1) is 5.69 Å². The van der Waals surface area contributed by atoms with Gasteiger partial charge < -0.3 is 5.32 Å². The molecule has 0 bridgehead atoms. The Morgan fingerprint density at radius 1 is 1.00 bits per heavy atom. The van der Waals surface area contributed by atoms with Crippen LogP contribution in [0.15, 0.2) is 48.5 Å². The molecular formula is C18H20N2O. The van der Waals surface area contributed by atoms with Gasteiger partial charge in [-0.25, -0.2) is 4.98 Å². The summed E-state index contributed by atoms with van der Waals surface area (Å²) in [5.74, 6) is -0.155. The van der Waals surface area contributed by atoms with Crippen LogP contribution in [0.4, 0.5) is 0 Å². The van der Waals surface area contributed by atoms with Crippen LogP contribution in [0, 0.1) is 0 Å². The summed E-state index contributed by atoms with van der Waals surface area (Å²) >= 11 is 0. The summed E-state index contributed by atoms with van der Waals surface area (Å²) in [6.45, 7) is 5.85. The van der Waals surface area contributed by atoms with Crippen LogP contribution in [0.5, 0.6) is 0 Å². The predicted octanol–water partition coefficient (Wildman–Crippen LogP) is 3.78. The molecule has 0 aliphatic rings. The first kappa shape index (κ1) is 15.0. The zero-order valence-electron chi connectivity index (χ0n) is 12.6. The first-order chi connectivity index (χ1) is 9.94. The number of nitrogens with zero attached hydrogens (tertiary/aromatic N) is 1. The largest absolute Gasteiger partial charge is 0.346 e.